The average Bonchev–Trinajstić information content (AvgIpc) is 3.16. The van der Waals surface area contributed by atoms with Crippen LogP contribution in [0.3, 0.4) is 0 Å². The minimum atomic E-state index is -4.86. The van der Waals surface area contributed by atoms with Gasteiger partial charge in [0.2, 0.25) is 0 Å². The van der Waals surface area contributed by atoms with E-state index in [1.807, 2.05) is 0 Å². The molecule has 13 heteroatoms. The molecule has 0 aromatic carbocycles. The second-order valence-corrected chi connectivity index (χ2v) is 9.05. The van der Waals surface area contributed by atoms with Crippen LogP contribution in [-0.2, 0) is 43.7 Å². The second-order valence-electron chi connectivity index (χ2n) is 7.45. The number of imide groups is 2. The van der Waals surface area contributed by atoms with Crippen LogP contribution in [0.5, 0.6) is 0 Å². The molecule has 2 aliphatic heterocycles. The molecule has 0 aromatic heterocycles. The highest BCUT2D eigenvalue weighted by atomic mass is 32.2. The minimum Gasteiger partial charge on any atom is -0.329 e. The molecule has 3 rings (SSSR count). The molecule has 0 radical (unpaired) electrons. The van der Waals surface area contributed by atoms with E-state index in [-0.39, 0.29) is 30.4 Å². The molecule has 1 saturated heterocycles. The van der Waals surface area contributed by atoms with Gasteiger partial charge in [0.1, 0.15) is 11.7 Å². The first-order valence-corrected chi connectivity index (χ1v) is 10.5. The predicted molar refractivity (Wildman–Crippen MR) is 94.2 cm³/mol. The predicted octanol–water partition coefficient (Wildman–Crippen LogP) is -1.24. The highest BCUT2D eigenvalue weighted by Gasteiger charge is 2.51. The second kappa shape index (κ2) is 7.72. The summed E-state index contributed by atoms with van der Waals surface area (Å²) in [5.74, 6) is -4.77. The van der Waals surface area contributed by atoms with E-state index in [0.29, 0.717) is 19.1 Å². The fraction of sp³-hybridized carbons (Fsp3) is 0.529. The van der Waals surface area contributed by atoms with E-state index in [0.717, 1.165) is 17.1 Å². The Morgan fingerprint density at radius 2 is 1.73 bits per heavy atom. The molecule has 0 aromatic rings. The van der Waals surface area contributed by atoms with Gasteiger partial charge in [-0.25, -0.2) is 4.79 Å². The Kier molecular flexibility index (Phi) is 5.60. The summed E-state index contributed by atoms with van der Waals surface area (Å²) in [7, 11) is -4.86. The molecule has 12 nitrogen and oxygen atoms in total. The summed E-state index contributed by atoms with van der Waals surface area (Å²) in [5, 5.41) is -2.10. The summed E-state index contributed by atoms with van der Waals surface area (Å²) in [5.41, 5.74) is -1.66. The number of hydrogen-bond acceptors (Lipinski definition) is 9. The fourth-order valence-corrected chi connectivity index (χ4v) is 4.40. The number of hydrogen-bond donors (Lipinski definition) is 1. The lowest BCUT2D eigenvalue weighted by Gasteiger charge is -2.35. The fourth-order valence-electron chi connectivity index (χ4n) is 3.70. The molecule has 1 atom stereocenters. The smallest absolute Gasteiger partial charge is 0.329 e. The van der Waals surface area contributed by atoms with E-state index in [2.05, 4.69) is 0 Å². The van der Waals surface area contributed by atoms with Gasteiger partial charge in [-0.05, 0) is 31.6 Å². The summed E-state index contributed by atoms with van der Waals surface area (Å²) >= 11 is 0. The van der Waals surface area contributed by atoms with Gasteiger partial charge in [-0.1, -0.05) is 0 Å². The molecule has 30 heavy (non-hydrogen) atoms. The van der Waals surface area contributed by atoms with Crippen molar-refractivity contribution < 1.29 is 46.6 Å². The molecule has 2 heterocycles. The van der Waals surface area contributed by atoms with Crippen molar-refractivity contribution in [3.05, 3.63) is 12.2 Å². The van der Waals surface area contributed by atoms with Crippen LogP contribution in [0.2, 0.25) is 0 Å². The van der Waals surface area contributed by atoms with Gasteiger partial charge >= 0.3 is 5.97 Å². The largest absolute Gasteiger partial charge is 0.346 e. The molecule has 1 unspecified atom stereocenters. The molecule has 0 bridgehead atoms. The summed E-state index contributed by atoms with van der Waals surface area (Å²) < 4.78 is 31.3. The number of hydroxylamine groups is 2. The minimum absolute atomic E-state index is 0.0123. The lowest BCUT2D eigenvalue weighted by atomic mass is 9.71. The van der Waals surface area contributed by atoms with Gasteiger partial charge in [0, 0.05) is 18.7 Å². The Hall–Kier alpha value is -2.93. The zero-order chi connectivity index (χ0) is 22.3. The first-order chi connectivity index (χ1) is 14.0. The van der Waals surface area contributed by atoms with Gasteiger partial charge in [0.15, 0.2) is 5.25 Å². The molecule has 0 spiro atoms. The Morgan fingerprint density at radius 1 is 1.17 bits per heavy atom. The van der Waals surface area contributed by atoms with Crippen molar-refractivity contribution in [3.63, 3.8) is 0 Å². The van der Waals surface area contributed by atoms with Gasteiger partial charge in [0.05, 0.1) is 6.42 Å². The molecule has 4 amide bonds. The first kappa shape index (κ1) is 21.8. The van der Waals surface area contributed by atoms with Crippen molar-refractivity contribution >= 4 is 46.0 Å². The molecule has 1 saturated carbocycles. The summed E-state index contributed by atoms with van der Waals surface area (Å²) in [6.07, 6.45) is 2.34. The van der Waals surface area contributed by atoms with Crippen LogP contribution in [0.25, 0.3) is 0 Å². The number of amides is 4. The molecule has 162 valence electrons. The van der Waals surface area contributed by atoms with Crippen LogP contribution in [0.1, 0.15) is 32.1 Å². The van der Waals surface area contributed by atoms with E-state index in [1.165, 1.54) is 0 Å². The maximum absolute atomic E-state index is 12.6. The Bertz CT molecular complexity index is 943. The van der Waals surface area contributed by atoms with Crippen molar-refractivity contribution in [1.82, 2.24) is 9.96 Å². The Balaban J connectivity index is 1.63. The van der Waals surface area contributed by atoms with Crippen molar-refractivity contribution in [3.8, 4) is 0 Å². The van der Waals surface area contributed by atoms with Crippen molar-refractivity contribution in [2.24, 2.45) is 11.3 Å². The van der Waals surface area contributed by atoms with Crippen molar-refractivity contribution in [2.75, 3.05) is 6.54 Å². The maximum Gasteiger partial charge on any atom is 0.346 e. The topological polar surface area (TPSA) is 172 Å². The lowest BCUT2D eigenvalue weighted by molar-refractivity contribution is -0.206. The molecule has 1 aliphatic carbocycles. The van der Waals surface area contributed by atoms with Gasteiger partial charge in [-0.15, -0.1) is 5.06 Å². The van der Waals surface area contributed by atoms with Crippen LogP contribution >= 0.6 is 0 Å². The Morgan fingerprint density at radius 3 is 2.20 bits per heavy atom. The van der Waals surface area contributed by atoms with E-state index in [1.54, 1.807) is 0 Å². The van der Waals surface area contributed by atoms with Gasteiger partial charge in [-0.2, -0.15) is 8.42 Å². The summed E-state index contributed by atoms with van der Waals surface area (Å²) in [6, 6.07) is 0. The number of aldehydes is 1. The summed E-state index contributed by atoms with van der Waals surface area (Å²) in [4.78, 5) is 77.3. The van der Waals surface area contributed by atoms with Crippen LogP contribution in [0, 0.1) is 11.3 Å². The third kappa shape index (κ3) is 3.89. The number of nitrogens with zero attached hydrogens (tertiary/aromatic N) is 2. The monoisotopic (exact) mass is 442 g/mol. The van der Waals surface area contributed by atoms with Crippen molar-refractivity contribution in [2.45, 2.75) is 37.4 Å². The third-order valence-corrected chi connectivity index (χ3v) is 6.65. The van der Waals surface area contributed by atoms with Crippen LogP contribution in [0.4, 0.5) is 0 Å². The molecular formula is C17H18N2O10S. The van der Waals surface area contributed by atoms with Gasteiger partial charge < -0.3 is 9.63 Å². The molecule has 1 N–H and O–H groups in total. The lowest BCUT2D eigenvalue weighted by Crippen LogP contribution is -2.45. The van der Waals surface area contributed by atoms with Crippen molar-refractivity contribution in [1.29, 1.82) is 0 Å². The number of carbonyl (C=O) groups excluding carboxylic acids is 6. The molecule has 2 fully saturated rings. The SMILES string of the molecule is O=CC1(C(=O)ON2C(=O)CC(S(=O)(=O)O)C2=O)CCC(CN2C(=O)C=CC2=O)CC1. The quantitative estimate of drug-likeness (QED) is 0.227. The van der Waals surface area contributed by atoms with Crippen LogP contribution in [0.15, 0.2) is 12.2 Å². The molecular weight excluding hydrogens is 424 g/mol. The van der Waals surface area contributed by atoms with E-state index in [4.69, 9.17) is 9.39 Å². The standard InChI is InChI=1S/C17H18N2O10S/c20-9-17(5-3-10(4-6-17)8-18-12(21)1-2-13(18)22)16(25)29-19-14(23)7-11(15(19)24)30(26,27)28/h1-2,9-11H,3-8H2,(H,26,27,28). The first-order valence-electron chi connectivity index (χ1n) is 9.04. The summed E-state index contributed by atoms with van der Waals surface area (Å²) in [6.45, 7) is 0.133. The van der Waals surface area contributed by atoms with Crippen LogP contribution < -0.4 is 0 Å². The number of carbonyl (C=O) groups is 6. The zero-order valence-corrected chi connectivity index (χ0v) is 16.4. The van der Waals surface area contributed by atoms with E-state index < -0.39 is 56.8 Å². The maximum atomic E-state index is 12.6. The van der Waals surface area contributed by atoms with E-state index >= 15 is 0 Å². The number of rotatable bonds is 6. The highest BCUT2D eigenvalue weighted by Crippen LogP contribution is 2.39. The van der Waals surface area contributed by atoms with Crippen LogP contribution in [-0.4, -0.2) is 70.6 Å². The zero-order valence-electron chi connectivity index (χ0n) is 15.6. The van der Waals surface area contributed by atoms with E-state index in [9.17, 15) is 37.2 Å². The third-order valence-electron chi connectivity index (χ3n) is 5.57. The molecule has 3 aliphatic rings. The Labute approximate surface area is 170 Å². The van der Waals surface area contributed by atoms with Gasteiger partial charge in [0.25, 0.3) is 33.7 Å². The highest BCUT2D eigenvalue weighted by molar-refractivity contribution is 7.87. The van der Waals surface area contributed by atoms with Gasteiger partial charge in [-0.3, -0.25) is 28.6 Å². The normalized spacial score (nSPS) is 29.6. The average molecular weight is 442 g/mol.